The first-order valence-corrected chi connectivity index (χ1v) is 4.93. The Morgan fingerprint density at radius 1 is 1.50 bits per heavy atom. The molecule has 0 radical (unpaired) electrons. The molecule has 2 aliphatic heterocycles. The van der Waals surface area contributed by atoms with E-state index in [1.807, 2.05) is 12.1 Å². The van der Waals surface area contributed by atoms with Crippen molar-refractivity contribution < 1.29 is 4.74 Å². The van der Waals surface area contributed by atoms with Gasteiger partial charge >= 0.3 is 0 Å². The number of ether oxygens (including phenoxy) is 1. The van der Waals surface area contributed by atoms with Crippen molar-refractivity contribution in [2.45, 2.75) is 18.6 Å². The lowest BCUT2D eigenvalue weighted by molar-refractivity contribution is 0.0989. The molecule has 0 aliphatic carbocycles. The number of hydrogen-bond donors (Lipinski definition) is 1. The molecule has 2 aliphatic rings. The lowest BCUT2D eigenvalue weighted by atomic mass is 10.2. The van der Waals surface area contributed by atoms with Gasteiger partial charge in [0.05, 0.1) is 30.6 Å². The molecule has 0 spiro atoms. The average molecular weight is 191 g/mol. The first-order chi connectivity index (χ1) is 6.83. The molecule has 2 saturated heterocycles. The fraction of sp³-hybridized carbons (Fsp3) is 0.500. The van der Waals surface area contributed by atoms with Crippen LogP contribution in [0.15, 0.2) is 18.3 Å². The summed E-state index contributed by atoms with van der Waals surface area (Å²) < 4.78 is 5.53. The predicted molar refractivity (Wildman–Crippen MR) is 54.1 cm³/mol. The van der Waals surface area contributed by atoms with Crippen molar-refractivity contribution in [3.63, 3.8) is 0 Å². The van der Waals surface area contributed by atoms with Gasteiger partial charge in [-0.3, -0.25) is 0 Å². The lowest BCUT2D eigenvalue weighted by Gasteiger charge is -2.27. The molecule has 3 heterocycles. The molecule has 1 aromatic rings. The van der Waals surface area contributed by atoms with Gasteiger partial charge in [-0.25, -0.2) is 4.98 Å². The summed E-state index contributed by atoms with van der Waals surface area (Å²) in [5.41, 5.74) is 6.31. The minimum absolute atomic E-state index is 0.416. The second-order valence-corrected chi connectivity index (χ2v) is 3.95. The van der Waals surface area contributed by atoms with E-state index in [-0.39, 0.29) is 0 Å². The van der Waals surface area contributed by atoms with Gasteiger partial charge in [0.1, 0.15) is 5.82 Å². The summed E-state index contributed by atoms with van der Waals surface area (Å²) in [6, 6.07) is 4.40. The van der Waals surface area contributed by atoms with Crippen LogP contribution in [-0.4, -0.2) is 30.3 Å². The van der Waals surface area contributed by atoms with Crippen LogP contribution in [0.1, 0.15) is 6.42 Å². The molecule has 2 unspecified atom stereocenters. The van der Waals surface area contributed by atoms with E-state index in [4.69, 9.17) is 10.5 Å². The standard InChI is InChI=1S/C10H13N3O/c11-7-1-2-10(12-4-7)13-5-9-3-8(13)6-14-9/h1-2,4,8-9H,3,5-6,11H2. The molecule has 0 saturated carbocycles. The van der Waals surface area contributed by atoms with Gasteiger partial charge in [-0.05, 0) is 18.6 Å². The number of anilines is 2. The number of hydrogen-bond acceptors (Lipinski definition) is 4. The van der Waals surface area contributed by atoms with Crippen molar-refractivity contribution in [1.82, 2.24) is 4.98 Å². The van der Waals surface area contributed by atoms with Gasteiger partial charge in [0.2, 0.25) is 0 Å². The third kappa shape index (κ3) is 1.14. The number of fused-ring (bicyclic) bond motifs is 2. The smallest absolute Gasteiger partial charge is 0.129 e. The molecule has 0 aromatic carbocycles. The van der Waals surface area contributed by atoms with Crippen molar-refractivity contribution in [2.75, 3.05) is 23.8 Å². The highest BCUT2D eigenvalue weighted by atomic mass is 16.5. The minimum atomic E-state index is 0.416. The van der Waals surface area contributed by atoms with Crippen molar-refractivity contribution in [3.8, 4) is 0 Å². The third-order valence-electron chi connectivity index (χ3n) is 2.97. The van der Waals surface area contributed by atoms with E-state index in [0.717, 1.165) is 25.4 Å². The number of aromatic nitrogens is 1. The Labute approximate surface area is 82.7 Å². The minimum Gasteiger partial charge on any atom is -0.397 e. The molecule has 2 bridgehead atoms. The molecule has 4 nitrogen and oxygen atoms in total. The number of rotatable bonds is 1. The van der Waals surface area contributed by atoms with Crippen LogP contribution in [0, 0.1) is 0 Å². The Bertz CT molecular complexity index is 338. The van der Waals surface area contributed by atoms with Crippen molar-refractivity contribution in [3.05, 3.63) is 18.3 Å². The van der Waals surface area contributed by atoms with E-state index in [1.165, 1.54) is 0 Å². The fourth-order valence-electron chi connectivity index (χ4n) is 2.25. The molecule has 1 aromatic heterocycles. The van der Waals surface area contributed by atoms with E-state index < -0.39 is 0 Å². The van der Waals surface area contributed by atoms with E-state index in [2.05, 4.69) is 9.88 Å². The molecular weight excluding hydrogens is 178 g/mol. The molecule has 0 amide bonds. The van der Waals surface area contributed by atoms with Crippen LogP contribution in [0.4, 0.5) is 11.5 Å². The van der Waals surface area contributed by atoms with Crippen LogP contribution < -0.4 is 10.6 Å². The summed E-state index contributed by atoms with van der Waals surface area (Å²) in [6.07, 6.45) is 3.27. The average Bonchev–Trinajstić information content (AvgIpc) is 2.80. The normalized spacial score (nSPS) is 29.9. The summed E-state index contributed by atoms with van der Waals surface area (Å²) >= 11 is 0. The molecule has 74 valence electrons. The van der Waals surface area contributed by atoms with E-state index in [1.54, 1.807) is 6.20 Å². The van der Waals surface area contributed by atoms with E-state index in [0.29, 0.717) is 17.8 Å². The maximum Gasteiger partial charge on any atom is 0.129 e. The Morgan fingerprint density at radius 3 is 3.00 bits per heavy atom. The van der Waals surface area contributed by atoms with Gasteiger partial charge in [0.15, 0.2) is 0 Å². The highest BCUT2D eigenvalue weighted by Gasteiger charge is 2.39. The summed E-state index contributed by atoms with van der Waals surface area (Å²) in [5, 5.41) is 0. The second-order valence-electron chi connectivity index (χ2n) is 3.95. The van der Waals surface area contributed by atoms with Crippen LogP contribution in [0.5, 0.6) is 0 Å². The number of nitrogens with two attached hydrogens (primary N) is 1. The van der Waals surface area contributed by atoms with Gasteiger partial charge in [-0.2, -0.15) is 0 Å². The van der Waals surface area contributed by atoms with Crippen LogP contribution in [-0.2, 0) is 4.74 Å². The summed E-state index contributed by atoms with van der Waals surface area (Å²) in [6.45, 7) is 1.82. The maximum atomic E-state index is 5.60. The van der Waals surface area contributed by atoms with Crippen LogP contribution in [0.25, 0.3) is 0 Å². The number of nitrogen functional groups attached to an aromatic ring is 1. The summed E-state index contributed by atoms with van der Waals surface area (Å²) in [4.78, 5) is 6.64. The quantitative estimate of drug-likeness (QED) is 0.707. The van der Waals surface area contributed by atoms with Crippen molar-refractivity contribution >= 4 is 11.5 Å². The zero-order valence-electron chi connectivity index (χ0n) is 7.89. The van der Waals surface area contributed by atoms with Crippen molar-refractivity contribution in [2.24, 2.45) is 0 Å². The molecule has 2 fully saturated rings. The molecular formula is C10H13N3O. The van der Waals surface area contributed by atoms with Gasteiger partial charge in [-0.15, -0.1) is 0 Å². The number of pyridine rings is 1. The molecule has 2 atom stereocenters. The van der Waals surface area contributed by atoms with E-state index in [9.17, 15) is 0 Å². The highest BCUT2D eigenvalue weighted by Crippen LogP contribution is 2.31. The number of morpholine rings is 1. The van der Waals surface area contributed by atoms with Gasteiger partial charge in [0.25, 0.3) is 0 Å². The van der Waals surface area contributed by atoms with Crippen LogP contribution in [0.3, 0.4) is 0 Å². The van der Waals surface area contributed by atoms with Crippen LogP contribution >= 0.6 is 0 Å². The molecule has 2 N–H and O–H groups in total. The largest absolute Gasteiger partial charge is 0.397 e. The zero-order chi connectivity index (χ0) is 9.54. The third-order valence-corrected chi connectivity index (χ3v) is 2.97. The van der Waals surface area contributed by atoms with Gasteiger partial charge < -0.3 is 15.4 Å². The summed E-state index contributed by atoms with van der Waals surface area (Å²) in [7, 11) is 0. The van der Waals surface area contributed by atoms with E-state index >= 15 is 0 Å². The van der Waals surface area contributed by atoms with Gasteiger partial charge in [-0.1, -0.05) is 0 Å². The zero-order valence-corrected chi connectivity index (χ0v) is 7.89. The SMILES string of the molecule is Nc1ccc(N2CC3CC2CO3)nc1. The fourth-order valence-corrected chi connectivity index (χ4v) is 2.25. The monoisotopic (exact) mass is 191 g/mol. The summed E-state index contributed by atoms with van der Waals surface area (Å²) in [5.74, 6) is 1.02. The second kappa shape index (κ2) is 2.85. The topological polar surface area (TPSA) is 51.4 Å². The maximum absolute atomic E-state index is 5.60. The van der Waals surface area contributed by atoms with Crippen LogP contribution in [0.2, 0.25) is 0 Å². The first-order valence-electron chi connectivity index (χ1n) is 4.93. The first kappa shape index (κ1) is 8.05. The Morgan fingerprint density at radius 2 is 2.43 bits per heavy atom. The lowest BCUT2D eigenvalue weighted by Crippen LogP contribution is -2.37. The van der Waals surface area contributed by atoms with Crippen molar-refractivity contribution in [1.29, 1.82) is 0 Å². The molecule has 3 rings (SSSR count). The Kier molecular flexibility index (Phi) is 1.64. The Balaban J connectivity index is 1.86. The highest BCUT2D eigenvalue weighted by molar-refractivity contribution is 5.48. The van der Waals surface area contributed by atoms with Gasteiger partial charge in [0, 0.05) is 6.54 Å². The molecule has 4 heteroatoms. The molecule has 14 heavy (non-hydrogen) atoms. The number of nitrogens with zero attached hydrogens (tertiary/aromatic N) is 2. The Hall–Kier alpha value is -1.29. The predicted octanol–water partition coefficient (Wildman–Crippen LogP) is 0.641.